The third-order valence-electron chi connectivity index (χ3n) is 4.36. The minimum atomic E-state index is -4.41. The van der Waals surface area contributed by atoms with E-state index in [1.165, 1.54) is 16.9 Å². The third kappa shape index (κ3) is 4.04. The van der Waals surface area contributed by atoms with Crippen molar-refractivity contribution in [3.8, 4) is 11.4 Å². The lowest BCUT2D eigenvalue weighted by Crippen LogP contribution is -2.10. The first-order valence-corrected chi connectivity index (χ1v) is 9.75. The Bertz CT molecular complexity index is 1250. The molecule has 4 rings (SSSR count). The van der Waals surface area contributed by atoms with E-state index in [1.54, 1.807) is 37.4 Å². The summed E-state index contributed by atoms with van der Waals surface area (Å²) in [4.78, 5) is 19.5. The second-order valence-electron chi connectivity index (χ2n) is 6.35. The van der Waals surface area contributed by atoms with Gasteiger partial charge in [-0.25, -0.2) is 9.67 Å². The van der Waals surface area contributed by atoms with Gasteiger partial charge in [0.25, 0.3) is 5.56 Å². The van der Waals surface area contributed by atoms with Gasteiger partial charge in [-0.3, -0.25) is 4.79 Å². The monoisotopic (exact) mass is 432 g/mol. The summed E-state index contributed by atoms with van der Waals surface area (Å²) < 4.78 is 45.3. The number of hydrogen-bond donors (Lipinski definition) is 1. The van der Waals surface area contributed by atoms with E-state index in [4.69, 9.17) is 4.74 Å². The largest absolute Gasteiger partial charge is 0.497 e. The number of H-pyrrole nitrogens is 1. The lowest BCUT2D eigenvalue weighted by atomic mass is 10.1. The van der Waals surface area contributed by atoms with E-state index >= 15 is 0 Å². The first kappa shape index (κ1) is 20.0. The third-order valence-corrected chi connectivity index (χ3v) is 5.31. The zero-order valence-corrected chi connectivity index (χ0v) is 16.4. The second kappa shape index (κ2) is 7.86. The maximum atomic E-state index is 12.9. The summed E-state index contributed by atoms with van der Waals surface area (Å²) in [6.45, 7) is 0. The zero-order chi connectivity index (χ0) is 21.3. The van der Waals surface area contributed by atoms with Gasteiger partial charge in [0.05, 0.1) is 24.6 Å². The second-order valence-corrected chi connectivity index (χ2v) is 7.31. The summed E-state index contributed by atoms with van der Waals surface area (Å²) in [6, 6.07) is 12.2. The number of hydrogen-bond acceptors (Lipinski definition) is 5. The van der Waals surface area contributed by atoms with Crippen LogP contribution in [0.4, 0.5) is 13.2 Å². The van der Waals surface area contributed by atoms with Gasteiger partial charge in [0.1, 0.15) is 11.1 Å². The maximum Gasteiger partial charge on any atom is 0.416 e. The van der Waals surface area contributed by atoms with Crippen LogP contribution in [0.1, 0.15) is 11.1 Å². The molecule has 2 heterocycles. The molecule has 0 amide bonds. The van der Waals surface area contributed by atoms with E-state index in [0.717, 1.165) is 23.9 Å². The van der Waals surface area contributed by atoms with Crippen LogP contribution in [0.3, 0.4) is 0 Å². The molecule has 2 aromatic heterocycles. The van der Waals surface area contributed by atoms with Crippen molar-refractivity contribution in [2.24, 2.45) is 0 Å². The van der Waals surface area contributed by atoms with Crippen molar-refractivity contribution in [1.29, 1.82) is 0 Å². The quantitative estimate of drug-likeness (QED) is 0.373. The summed E-state index contributed by atoms with van der Waals surface area (Å²) in [7, 11) is 1.56. The SMILES string of the molecule is COc1ccc(-n2ncc3c(=O)[nH]c(SCc4cccc(C(F)(F)F)c4)nc32)cc1. The Balaban J connectivity index is 1.63. The molecule has 154 valence electrons. The number of halogens is 3. The minimum Gasteiger partial charge on any atom is -0.497 e. The Hall–Kier alpha value is -3.27. The fourth-order valence-corrected chi connectivity index (χ4v) is 3.67. The topological polar surface area (TPSA) is 72.8 Å². The predicted octanol–water partition coefficient (Wildman–Crippen LogP) is 4.43. The smallest absolute Gasteiger partial charge is 0.416 e. The molecule has 0 bridgehead atoms. The Morgan fingerprint density at radius 3 is 2.63 bits per heavy atom. The number of thioether (sulfide) groups is 1. The summed E-state index contributed by atoms with van der Waals surface area (Å²) in [5, 5.41) is 4.84. The number of alkyl halides is 3. The van der Waals surface area contributed by atoms with Crippen LogP contribution in [0.15, 0.2) is 64.7 Å². The van der Waals surface area contributed by atoms with Crippen LogP contribution in [0.5, 0.6) is 5.75 Å². The summed E-state index contributed by atoms with van der Waals surface area (Å²) >= 11 is 1.14. The molecule has 0 aliphatic heterocycles. The van der Waals surface area contributed by atoms with Crippen molar-refractivity contribution in [2.45, 2.75) is 17.1 Å². The van der Waals surface area contributed by atoms with Gasteiger partial charge in [0.2, 0.25) is 0 Å². The molecule has 0 saturated carbocycles. The normalized spacial score (nSPS) is 11.7. The molecular formula is C20H15F3N4O2S. The van der Waals surface area contributed by atoms with E-state index in [1.807, 2.05) is 0 Å². The molecule has 0 radical (unpaired) electrons. The number of rotatable bonds is 5. The van der Waals surface area contributed by atoms with Crippen molar-refractivity contribution in [2.75, 3.05) is 7.11 Å². The van der Waals surface area contributed by atoms with Gasteiger partial charge in [0, 0.05) is 5.75 Å². The molecule has 0 unspecified atom stereocenters. The highest BCUT2D eigenvalue weighted by atomic mass is 32.2. The standard InChI is InChI=1S/C20H15F3N4O2S/c1-29-15-7-5-14(6-8-15)27-17-16(10-24-27)18(28)26-19(25-17)30-11-12-3-2-4-13(9-12)20(21,22)23/h2-10H,11H2,1H3,(H,25,26,28). The molecule has 0 atom stereocenters. The molecule has 2 aromatic carbocycles. The Morgan fingerprint density at radius 2 is 1.93 bits per heavy atom. The highest BCUT2D eigenvalue weighted by Gasteiger charge is 2.30. The van der Waals surface area contributed by atoms with Crippen molar-refractivity contribution >= 4 is 22.8 Å². The Labute approximate surface area is 172 Å². The number of aromatic nitrogens is 4. The minimum absolute atomic E-state index is 0.217. The van der Waals surface area contributed by atoms with E-state index in [9.17, 15) is 18.0 Å². The number of methoxy groups -OCH3 is 1. The number of nitrogens with zero attached hydrogens (tertiary/aromatic N) is 3. The molecule has 1 N–H and O–H groups in total. The lowest BCUT2D eigenvalue weighted by Gasteiger charge is -2.08. The van der Waals surface area contributed by atoms with Crippen LogP contribution in [-0.2, 0) is 11.9 Å². The highest BCUT2D eigenvalue weighted by Crippen LogP contribution is 2.31. The molecule has 0 spiro atoms. The van der Waals surface area contributed by atoms with Crippen LogP contribution in [0.2, 0.25) is 0 Å². The first-order chi connectivity index (χ1) is 14.3. The van der Waals surface area contributed by atoms with Gasteiger partial charge in [-0.05, 0) is 35.9 Å². The molecule has 0 aliphatic rings. The molecule has 30 heavy (non-hydrogen) atoms. The summed E-state index contributed by atoms with van der Waals surface area (Å²) in [5.74, 6) is 0.896. The molecule has 6 nitrogen and oxygen atoms in total. The van der Waals surface area contributed by atoms with Gasteiger partial charge >= 0.3 is 6.18 Å². The average Bonchev–Trinajstić information content (AvgIpc) is 3.16. The number of benzene rings is 2. The Kier molecular flexibility index (Phi) is 5.25. The number of ether oxygens (including phenoxy) is 1. The number of nitrogens with one attached hydrogen (secondary N) is 1. The highest BCUT2D eigenvalue weighted by molar-refractivity contribution is 7.98. The van der Waals surface area contributed by atoms with E-state index in [2.05, 4.69) is 15.1 Å². The predicted molar refractivity (Wildman–Crippen MR) is 107 cm³/mol. The van der Waals surface area contributed by atoms with Crippen LogP contribution < -0.4 is 10.3 Å². The van der Waals surface area contributed by atoms with E-state index < -0.39 is 11.7 Å². The molecule has 0 fully saturated rings. The zero-order valence-electron chi connectivity index (χ0n) is 15.6. The van der Waals surface area contributed by atoms with Gasteiger partial charge in [-0.15, -0.1) is 0 Å². The van der Waals surface area contributed by atoms with Crippen molar-refractivity contribution in [1.82, 2.24) is 19.7 Å². The Morgan fingerprint density at radius 1 is 1.17 bits per heavy atom. The average molecular weight is 432 g/mol. The van der Waals surface area contributed by atoms with Gasteiger partial charge in [-0.2, -0.15) is 18.3 Å². The van der Waals surface area contributed by atoms with Crippen molar-refractivity contribution < 1.29 is 17.9 Å². The molecule has 10 heteroatoms. The first-order valence-electron chi connectivity index (χ1n) is 8.76. The molecule has 0 aliphatic carbocycles. The van der Waals surface area contributed by atoms with Crippen LogP contribution in [0.25, 0.3) is 16.7 Å². The van der Waals surface area contributed by atoms with E-state index in [0.29, 0.717) is 33.2 Å². The fraction of sp³-hybridized carbons (Fsp3) is 0.150. The van der Waals surface area contributed by atoms with Gasteiger partial charge in [-0.1, -0.05) is 30.0 Å². The van der Waals surface area contributed by atoms with Crippen molar-refractivity contribution in [3.05, 3.63) is 76.2 Å². The summed E-state index contributed by atoms with van der Waals surface area (Å²) in [5.41, 5.74) is 0.441. The lowest BCUT2D eigenvalue weighted by molar-refractivity contribution is -0.137. The van der Waals surface area contributed by atoms with Gasteiger partial charge < -0.3 is 9.72 Å². The van der Waals surface area contributed by atoms with Crippen molar-refractivity contribution in [3.63, 3.8) is 0 Å². The fourth-order valence-electron chi connectivity index (χ4n) is 2.87. The van der Waals surface area contributed by atoms with Crippen LogP contribution in [-0.4, -0.2) is 26.9 Å². The summed E-state index contributed by atoms with van der Waals surface area (Å²) in [6.07, 6.45) is -2.98. The number of aromatic amines is 1. The van der Waals surface area contributed by atoms with Crippen LogP contribution >= 0.6 is 11.8 Å². The molecule has 4 aromatic rings. The molecule has 0 saturated heterocycles. The van der Waals surface area contributed by atoms with Gasteiger partial charge in [0.15, 0.2) is 10.8 Å². The maximum absolute atomic E-state index is 12.9. The van der Waals surface area contributed by atoms with Crippen LogP contribution in [0, 0.1) is 0 Å². The molecular weight excluding hydrogens is 417 g/mol. The number of fused-ring (bicyclic) bond motifs is 1. The van der Waals surface area contributed by atoms with E-state index in [-0.39, 0.29) is 11.3 Å².